The number of nitrogens with zero attached hydrogens (tertiary/aromatic N) is 1. The molecule has 0 aliphatic heterocycles. The Morgan fingerprint density at radius 3 is 2.14 bits per heavy atom. The largest absolute Gasteiger partial charge is 0.508 e. The molecule has 5 nitrogen and oxygen atoms in total. The second-order valence-corrected chi connectivity index (χ2v) is 6.70. The quantitative estimate of drug-likeness (QED) is 0.460. The van der Waals surface area contributed by atoms with E-state index < -0.39 is 0 Å². The lowest BCUT2D eigenvalue weighted by atomic mass is 10.0. The highest BCUT2D eigenvalue weighted by Gasteiger charge is 2.14. The molecule has 3 aromatic carbocycles. The molecule has 3 N–H and O–H groups in total. The predicted molar refractivity (Wildman–Crippen MR) is 107 cm³/mol. The number of fused-ring (bicyclic) bond motifs is 1. The number of aliphatic hydroxyl groups is 1. The van der Waals surface area contributed by atoms with Crippen LogP contribution in [0.3, 0.4) is 0 Å². The lowest BCUT2D eigenvalue weighted by Gasteiger charge is -2.06. The van der Waals surface area contributed by atoms with Gasteiger partial charge in [-0.05, 0) is 53.6 Å². The van der Waals surface area contributed by atoms with Crippen LogP contribution in [0.4, 0.5) is 0 Å². The summed E-state index contributed by atoms with van der Waals surface area (Å²) in [4.78, 5) is 12.7. The highest BCUT2D eigenvalue weighted by atomic mass is 16.3. The number of aliphatic hydroxyl groups excluding tert-OH is 1. The van der Waals surface area contributed by atoms with Gasteiger partial charge in [-0.3, -0.25) is 4.79 Å². The monoisotopic (exact) mass is 373 g/mol. The highest BCUT2D eigenvalue weighted by molar-refractivity contribution is 6.00. The molecular formula is C23H19NO4. The van der Waals surface area contributed by atoms with Crippen LogP contribution in [0.1, 0.15) is 15.9 Å². The topological polar surface area (TPSA) is 82.7 Å². The number of aromatic hydroxyl groups is 2. The summed E-state index contributed by atoms with van der Waals surface area (Å²) in [6, 6.07) is 18.8. The number of benzene rings is 3. The highest BCUT2D eigenvalue weighted by Crippen LogP contribution is 2.32. The van der Waals surface area contributed by atoms with Crippen LogP contribution in [0, 0.1) is 0 Å². The first-order valence-electron chi connectivity index (χ1n) is 8.89. The zero-order valence-corrected chi connectivity index (χ0v) is 15.0. The standard InChI is InChI=1S/C23H19NO4/c25-14-15-1-10-20-21(16-2-6-18(26)7-3-16)12-24(22(20)11-15)13-23(28)17-4-8-19(27)9-5-17/h1-12,25-27H,13-14H2. The minimum absolute atomic E-state index is 0.0800. The van der Waals surface area contributed by atoms with Crippen molar-refractivity contribution in [1.82, 2.24) is 4.57 Å². The number of ketones is 1. The summed E-state index contributed by atoms with van der Waals surface area (Å²) in [5.41, 5.74) is 4.00. The van der Waals surface area contributed by atoms with Crippen molar-refractivity contribution in [2.45, 2.75) is 13.2 Å². The molecule has 0 bridgehead atoms. The Balaban J connectivity index is 1.79. The zero-order chi connectivity index (χ0) is 19.7. The molecule has 1 heterocycles. The Hall–Kier alpha value is -3.57. The number of phenols is 2. The Morgan fingerprint density at radius 2 is 1.50 bits per heavy atom. The number of phenolic OH excluding ortho intramolecular Hbond substituents is 2. The second-order valence-electron chi connectivity index (χ2n) is 6.70. The number of carbonyl (C=O) groups excluding carboxylic acids is 1. The molecule has 0 spiro atoms. The van der Waals surface area contributed by atoms with Crippen LogP contribution < -0.4 is 0 Å². The van der Waals surface area contributed by atoms with E-state index in [-0.39, 0.29) is 30.4 Å². The van der Waals surface area contributed by atoms with Gasteiger partial charge in [-0.1, -0.05) is 24.3 Å². The van der Waals surface area contributed by atoms with Gasteiger partial charge in [-0.15, -0.1) is 0 Å². The van der Waals surface area contributed by atoms with E-state index in [0.717, 1.165) is 27.6 Å². The van der Waals surface area contributed by atoms with Crippen LogP contribution in [0.5, 0.6) is 11.5 Å². The van der Waals surface area contributed by atoms with E-state index in [2.05, 4.69) is 0 Å². The molecule has 4 rings (SSSR count). The van der Waals surface area contributed by atoms with E-state index >= 15 is 0 Å². The zero-order valence-electron chi connectivity index (χ0n) is 15.0. The summed E-state index contributed by atoms with van der Waals surface area (Å²) < 4.78 is 1.87. The molecule has 4 aromatic rings. The van der Waals surface area contributed by atoms with Crippen molar-refractivity contribution in [1.29, 1.82) is 0 Å². The van der Waals surface area contributed by atoms with Crippen LogP contribution in [0.2, 0.25) is 0 Å². The molecule has 0 unspecified atom stereocenters. The average Bonchev–Trinajstić information content (AvgIpc) is 3.06. The predicted octanol–water partition coefficient (Wildman–Crippen LogP) is 4.09. The molecule has 0 saturated heterocycles. The van der Waals surface area contributed by atoms with E-state index in [0.29, 0.717) is 5.56 Å². The first-order valence-corrected chi connectivity index (χ1v) is 8.89. The first kappa shape index (κ1) is 17.8. The number of hydrogen-bond donors (Lipinski definition) is 3. The third-order valence-electron chi connectivity index (χ3n) is 4.81. The number of Topliss-reactive ketones (excluding diaryl/α,β-unsaturated/α-hetero) is 1. The van der Waals surface area contributed by atoms with Crippen LogP contribution in [-0.2, 0) is 13.2 Å². The summed E-state index contributed by atoms with van der Waals surface area (Å²) >= 11 is 0. The summed E-state index contributed by atoms with van der Waals surface area (Å²) in [5.74, 6) is 0.228. The fourth-order valence-electron chi connectivity index (χ4n) is 3.33. The lowest BCUT2D eigenvalue weighted by Crippen LogP contribution is -2.09. The Morgan fingerprint density at radius 1 is 0.857 bits per heavy atom. The van der Waals surface area contributed by atoms with Crippen molar-refractivity contribution in [3.8, 4) is 22.6 Å². The molecule has 1 aromatic heterocycles. The summed E-state index contributed by atoms with van der Waals surface area (Å²) in [7, 11) is 0. The molecule has 0 radical (unpaired) electrons. The molecule has 5 heteroatoms. The SMILES string of the molecule is O=C(Cn1cc(-c2ccc(O)cc2)c2ccc(CO)cc21)c1ccc(O)cc1. The molecule has 28 heavy (non-hydrogen) atoms. The third-order valence-corrected chi connectivity index (χ3v) is 4.81. The molecule has 140 valence electrons. The van der Waals surface area contributed by atoms with Crippen LogP contribution in [0.25, 0.3) is 22.0 Å². The van der Waals surface area contributed by atoms with Gasteiger partial charge >= 0.3 is 0 Å². The van der Waals surface area contributed by atoms with E-state index in [4.69, 9.17) is 0 Å². The number of hydrogen-bond acceptors (Lipinski definition) is 4. The van der Waals surface area contributed by atoms with Gasteiger partial charge in [0, 0.05) is 28.2 Å². The van der Waals surface area contributed by atoms with Crippen LogP contribution in [0.15, 0.2) is 72.9 Å². The molecule has 0 aliphatic carbocycles. The van der Waals surface area contributed by atoms with E-state index in [1.807, 2.05) is 41.1 Å². The third kappa shape index (κ3) is 3.35. The number of carbonyl (C=O) groups is 1. The Bertz CT molecular complexity index is 1140. The Kier molecular flexibility index (Phi) is 4.59. The summed E-state index contributed by atoms with van der Waals surface area (Å²) in [6.45, 7) is 0.0514. The molecule has 0 aliphatic rings. The summed E-state index contributed by atoms with van der Waals surface area (Å²) in [5, 5.41) is 29.4. The maximum Gasteiger partial charge on any atom is 0.182 e. The van der Waals surface area contributed by atoms with Gasteiger partial charge in [0.25, 0.3) is 0 Å². The fourth-order valence-corrected chi connectivity index (χ4v) is 3.33. The molecule has 0 fully saturated rings. The van der Waals surface area contributed by atoms with Gasteiger partial charge in [0.2, 0.25) is 0 Å². The van der Waals surface area contributed by atoms with Gasteiger partial charge in [-0.2, -0.15) is 0 Å². The second kappa shape index (κ2) is 7.21. The van der Waals surface area contributed by atoms with Crippen LogP contribution in [-0.4, -0.2) is 25.7 Å². The van der Waals surface area contributed by atoms with Crippen molar-refractivity contribution in [2.75, 3.05) is 0 Å². The van der Waals surface area contributed by atoms with Crippen molar-refractivity contribution in [2.24, 2.45) is 0 Å². The Labute approximate surface area is 161 Å². The van der Waals surface area contributed by atoms with Gasteiger partial charge < -0.3 is 19.9 Å². The van der Waals surface area contributed by atoms with E-state index in [1.165, 1.54) is 12.1 Å². The van der Waals surface area contributed by atoms with Gasteiger partial charge in [0.1, 0.15) is 11.5 Å². The van der Waals surface area contributed by atoms with Crippen LogP contribution >= 0.6 is 0 Å². The average molecular weight is 373 g/mol. The van der Waals surface area contributed by atoms with Gasteiger partial charge in [-0.25, -0.2) is 0 Å². The minimum atomic E-state index is -0.0818. The first-order chi connectivity index (χ1) is 13.5. The fraction of sp³-hybridized carbons (Fsp3) is 0.0870. The lowest BCUT2D eigenvalue weighted by molar-refractivity contribution is 0.0973. The molecule has 0 saturated carbocycles. The minimum Gasteiger partial charge on any atom is -0.508 e. The van der Waals surface area contributed by atoms with Crippen molar-refractivity contribution >= 4 is 16.7 Å². The van der Waals surface area contributed by atoms with E-state index in [9.17, 15) is 20.1 Å². The molecular weight excluding hydrogens is 354 g/mol. The van der Waals surface area contributed by atoms with Gasteiger partial charge in [0.05, 0.1) is 13.2 Å². The van der Waals surface area contributed by atoms with E-state index in [1.54, 1.807) is 24.3 Å². The molecule has 0 amide bonds. The number of aromatic nitrogens is 1. The smallest absolute Gasteiger partial charge is 0.182 e. The van der Waals surface area contributed by atoms with Gasteiger partial charge in [0.15, 0.2) is 5.78 Å². The van der Waals surface area contributed by atoms with Crippen molar-refractivity contribution in [3.05, 3.63) is 84.1 Å². The maximum absolute atomic E-state index is 12.7. The maximum atomic E-state index is 12.7. The number of rotatable bonds is 5. The molecule has 0 atom stereocenters. The van der Waals surface area contributed by atoms with Crippen molar-refractivity contribution < 1.29 is 20.1 Å². The normalized spacial score (nSPS) is 11.0. The van der Waals surface area contributed by atoms with Crippen molar-refractivity contribution in [3.63, 3.8) is 0 Å². The summed E-state index contributed by atoms with van der Waals surface area (Å²) in [6.07, 6.45) is 1.91.